The summed E-state index contributed by atoms with van der Waals surface area (Å²) in [5.74, 6) is 2.27. The summed E-state index contributed by atoms with van der Waals surface area (Å²) in [6.45, 7) is 5.64. The molecular formula is C17H23N5. The number of hydrogen-bond donors (Lipinski definition) is 1. The average Bonchev–Trinajstić information content (AvgIpc) is 3.25. The third kappa shape index (κ3) is 2.90. The van der Waals surface area contributed by atoms with Crippen molar-refractivity contribution in [2.24, 2.45) is 5.92 Å². The minimum atomic E-state index is 0.474. The van der Waals surface area contributed by atoms with Crippen LogP contribution >= 0.6 is 0 Å². The Morgan fingerprint density at radius 3 is 2.82 bits per heavy atom. The van der Waals surface area contributed by atoms with E-state index in [1.807, 2.05) is 19.3 Å². The third-order valence-corrected chi connectivity index (χ3v) is 4.76. The molecule has 22 heavy (non-hydrogen) atoms. The second kappa shape index (κ2) is 5.80. The molecule has 3 heterocycles. The van der Waals surface area contributed by atoms with Crippen molar-refractivity contribution in [3.8, 4) is 11.5 Å². The van der Waals surface area contributed by atoms with Gasteiger partial charge >= 0.3 is 0 Å². The van der Waals surface area contributed by atoms with Gasteiger partial charge in [0.25, 0.3) is 0 Å². The van der Waals surface area contributed by atoms with Crippen molar-refractivity contribution < 1.29 is 0 Å². The van der Waals surface area contributed by atoms with E-state index in [1.165, 1.54) is 38.8 Å². The van der Waals surface area contributed by atoms with Gasteiger partial charge in [0.2, 0.25) is 0 Å². The maximum atomic E-state index is 4.67. The molecule has 0 unspecified atom stereocenters. The van der Waals surface area contributed by atoms with Crippen molar-refractivity contribution in [2.75, 3.05) is 19.6 Å². The van der Waals surface area contributed by atoms with Gasteiger partial charge in [0.1, 0.15) is 5.69 Å². The molecule has 2 aromatic rings. The SMILES string of the molecule is Cc1cnc(-c2nccnc2[C@@H]2CCCN(CC3CC3)C2)[nH]1. The Morgan fingerprint density at radius 1 is 1.18 bits per heavy atom. The molecule has 5 heteroatoms. The number of piperidine rings is 1. The van der Waals surface area contributed by atoms with E-state index in [9.17, 15) is 0 Å². The standard InChI is InChI=1S/C17H23N5/c1-12-9-20-17(21-12)16-15(18-6-7-19-16)14-3-2-8-22(11-14)10-13-4-5-13/h6-7,9,13-14H,2-5,8,10-11H2,1H3,(H,20,21)/t14-/m1/s1. The van der Waals surface area contributed by atoms with E-state index in [0.29, 0.717) is 5.92 Å². The molecule has 1 saturated carbocycles. The Bertz CT molecular complexity index is 646. The van der Waals surface area contributed by atoms with Gasteiger partial charge in [0.05, 0.1) is 5.69 Å². The first-order chi connectivity index (χ1) is 10.8. The predicted octanol–water partition coefficient (Wildman–Crippen LogP) is 2.76. The summed E-state index contributed by atoms with van der Waals surface area (Å²) in [7, 11) is 0. The number of hydrogen-bond acceptors (Lipinski definition) is 4. The Hall–Kier alpha value is -1.75. The van der Waals surface area contributed by atoms with Crippen LogP contribution in [0.4, 0.5) is 0 Å². The van der Waals surface area contributed by atoms with Crippen LogP contribution in [0.15, 0.2) is 18.6 Å². The van der Waals surface area contributed by atoms with E-state index in [1.54, 1.807) is 6.20 Å². The topological polar surface area (TPSA) is 57.7 Å². The van der Waals surface area contributed by atoms with E-state index in [4.69, 9.17) is 0 Å². The lowest BCUT2D eigenvalue weighted by atomic mass is 9.92. The van der Waals surface area contributed by atoms with Gasteiger partial charge in [-0.3, -0.25) is 4.98 Å². The molecule has 0 amide bonds. The second-order valence-corrected chi connectivity index (χ2v) is 6.75. The summed E-state index contributed by atoms with van der Waals surface area (Å²) in [6.07, 6.45) is 10.7. The maximum absolute atomic E-state index is 4.67. The van der Waals surface area contributed by atoms with Crippen molar-refractivity contribution >= 4 is 0 Å². The highest BCUT2D eigenvalue weighted by molar-refractivity contribution is 5.53. The molecule has 2 aromatic heterocycles. The number of nitrogens with one attached hydrogen (secondary N) is 1. The highest BCUT2D eigenvalue weighted by atomic mass is 15.1. The summed E-state index contributed by atoms with van der Waals surface area (Å²) in [6, 6.07) is 0. The molecule has 0 spiro atoms. The van der Waals surface area contributed by atoms with Crippen molar-refractivity contribution in [1.29, 1.82) is 0 Å². The monoisotopic (exact) mass is 297 g/mol. The van der Waals surface area contributed by atoms with Gasteiger partial charge in [0, 0.05) is 43.3 Å². The van der Waals surface area contributed by atoms with Crippen LogP contribution < -0.4 is 0 Å². The molecule has 0 bridgehead atoms. The highest BCUT2D eigenvalue weighted by Gasteiger charge is 2.30. The van der Waals surface area contributed by atoms with E-state index in [0.717, 1.165) is 35.4 Å². The normalized spacial score (nSPS) is 22.9. The van der Waals surface area contributed by atoms with Gasteiger partial charge < -0.3 is 9.88 Å². The molecule has 2 aliphatic rings. The third-order valence-electron chi connectivity index (χ3n) is 4.76. The smallest absolute Gasteiger partial charge is 0.158 e. The van der Waals surface area contributed by atoms with Crippen LogP contribution in [0.5, 0.6) is 0 Å². The molecule has 4 rings (SSSR count). The summed E-state index contributed by atoms with van der Waals surface area (Å²) in [5.41, 5.74) is 3.09. The lowest BCUT2D eigenvalue weighted by Crippen LogP contribution is -2.36. The first kappa shape index (κ1) is 13.9. The number of aryl methyl sites for hydroxylation is 1. The van der Waals surface area contributed by atoms with Gasteiger partial charge in [0.15, 0.2) is 5.82 Å². The molecule has 116 valence electrons. The number of aromatic amines is 1. The van der Waals surface area contributed by atoms with Gasteiger partial charge in [-0.1, -0.05) is 0 Å². The fourth-order valence-corrected chi connectivity index (χ4v) is 3.47. The quantitative estimate of drug-likeness (QED) is 0.942. The van der Waals surface area contributed by atoms with Gasteiger partial charge in [-0.2, -0.15) is 0 Å². The highest BCUT2D eigenvalue weighted by Crippen LogP contribution is 2.34. The van der Waals surface area contributed by atoms with Crippen molar-refractivity contribution in [2.45, 2.75) is 38.5 Å². The average molecular weight is 297 g/mol. The number of imidazole rings is 1. The van der Waals surface area contributed by atoms with E-state index < -0.39 is 0 Å². The summed E-state index contributed by atoms with van der Waals surface area (Å²) >= 11 is 0. The maximum Gasteiger partial charge on any atom is 0.158 e. The zero-order valence-corrected chi connectivity index (χ0v) is 13.1. The molecule has 1 saturated heterocycles. The predicted molar refractivity (Wildman–Crippen MR) is 85.5 cm³/mol. The number of H-pyrrole nitrogens is 1. The van der Waals surface area contributed by atoms with E-state index in [2.05, 4.69) is 24.8 Å². The molecule has 5 nitrogen and oxygen atoms in total. The Labute approximate surface area is 131 Å². The Balaban J connectivity index is 1.58. The number of aromatic nitrogens is 4. The lowest BCUT2D eigenvalue weighted by Gasteiger charge is -2.32. The molecule has 1 N–H and O–H groups in total. The van der Waals surface area contributed by atoms with E-state index in [-0.39, 0.29) is 0 Å². The van der Waals surface area contributed by atoms with Crippen LogP contribution in [-0.4, -0.2) is 44.5 Å². The van der Waals surface area contributed by atoms with Crippen LogP contribution in [0.1, 0.15) is 43.0 Å². The van der Waals surface area contributed by atoms with Crippen molar-refractivity contribution in [3.63, 3.8) is 0 Å². The first-order valence-corrected chi connectivity index (χ1v) is 8.35. The van der Waals surface area contributed by atoms with Crippen LogP contribution in [0, 0.1) is 12.8 Å². The molecular weight excluding hydrogens is 274 g/mol. The van der Waals surface area contributed by atoms with Crippen molar-refractivity contribution in [1.82, 2.24) is 24.8 Å². The Kier molecular flexibility index (Phi) is 3.66. The number of rotatable bonds is 4. The van der Waals surface area contributed by atoms with Crippen LogP contribution in [0.3, 0.4) is 0 Å². The van der Waals surface area contributed by atoms with Crippen LogP contribution in [-0.2, 0) is 0 Å². The fourth-order valence-electron chi connectivity index (χ4n) is 3.47. The molecule has 0 aromatic carbocycles. The molecule has 1 atom stereocenters. The molecule has 0 radical (unpaired) electrons. The van der Waals surface area contributed by atoms with Crippen molar-refractivity contribution in [3.05, 3.63) is 30.0 Å². The minimum Gasteiger partial charge on any atom is -0.341 e. The zero-order valence-electron chi connectivity index (χ0n) is 13.1. The van der Waals surface area contributed by atoms with Crippen LogP contribution in [0.2, 0.25) is 0 Å². The minimum absolute atomic E-state index is 0.474. The second-order valence-electron chi connectivity index (χ2n) is 6.75. The van der Waals surface area contributed by atoms with Gasteiger partial charge in [-0.25, -0.2) is 9.97 Å². The lowest BCUT2D eigenvalue weighted by molar-refractivity contribution is 0.199. The van der Waals surface area contributed by atoms with Gasteiger partial charge in [-0.05, 0) is 45.1 Å². The van der Waals surface area contributed by atoms with E-state index >= 15 is 0 Å². The van der Waals surface area contributed by atoms with Crippen LogP contribution in [0.25, 0.3) is 11.5 Å². The largest absolute Gasteiger partial charge is 0.341 e. The Morgan fingerprint density at radius 2 is 2.05 bits per heavy atom. The first-order valence-electron chi connectivity index (χ1n) is 8.35. The number of nitrogens with zero attached hydrogens (tertiary/aromatic N) is 4. The molecule has 1 aliphatic carbocycles. The summed E-state index contributed by atoms with van der Waals surface area (Å²) in [4.78, 5) is 19.6. The van der Waals surface area contributed by atoms with Gasteiger partial charge in [-0.15, -0.1) is 0 Å². The molecule has 1 aliphatic heterocycles. The summed E-state index contributed by atoms with van der Waals surface area (Å²) in [5, 5.41) is 0. The fraction of sp³-hybridized carbons (Fsp3) is 0.588. The molecule has 2 fully saturated rings. The zero-order chi connectivity index (χ0) is 14.9. The summed E-state index contributed by atoms with van der Waals surface area (Å²) < 4.78 is 0. The number of likely N-dealkylation sites (tertiary alicyclic amines) is 1.